The van der Waals surface area contributed by atoms with Gasteiger partial charge in [-0.3, -0.25) is 0 Å². The second kappa shape index (κ2) is 9.66. The molecule has 140 valence electrons. The predicted octanol–water partition coefficient (Wildman–Crippen LogP) is -1.27. The van der Waals surface area contributed by atoms with Gasteiger partial charge in [0.15, 0.2) is 6.29 Å². The van der Waals surface area contributed by atoms with Gasteiger partial charge >= 0.3 is 6.09 Å². The fourth-order valence-corrected chi connectivity index (χ4v) is 2.31. The second-order valence-corrected chi connectivity index (χ2v) is 5.56. The number of nitrogens with one attached hydrogen (secondary N) is 1. The van der Waals surface area contributed by atoms with Gasteiger partial charge in [-0.2, -0.15) is 0 Å². The van der Waals surface area contributed by atoms with Crippen LogP contribution in [0.5, 0.6) is 0 Å². The average molecular weight is 357 g/mol. The lowest BCUT2D eigenvalue weighted by molar-refractivity contribution is -0.300. The molecule has 1 heterocycles. The third-order valence-corrected chi connectivity index (χ3v) is 3.71. The molecule has 0 unspecified atom stereocenters. The molecular formula is C16H23NO8. The summed E-state index contributed by atoms with van der Waals surface area (Å²) in [7, 11) is 0. The van der Waals surface area contributed by atoms with Crippen LogP contribution in [-0.4, -0.2) is 77.0 Å². The van der Waals surface area contributed by atoms with E-state index in [-0.39, 0.29) is 19.8 Å². The minimum Gasteiger partial charge on any atom is -0.445 e. The van der Waals surface area contributed by atoms with E-state index in [1.165, 1.54) is 0 Å². The normalized spacial score (nSPS) is 29.2. The lowest BCUT2D eigenvalue weighted by atomic mass is 9.99. The number of alkyl carbamates (subject to hydrolysis) is 1. The van der Waals surface area contributed by atoms with Crippen LogP contribution >= 0.6 is 0 Å². The van der Waals surface area contributed by atoms with Gasteiger partial charge in [-0.05, 0) is 5.56 Å². The van der Waals surface area contributed by atoms with Crippen LogP contribution in [0.2, 0.25) is 0 Å². The highest BCUT2D eigenvalue weighted by atomic mass is 16.7. The Morgan fingerprint density at radius 3 is 2.52 bits per heavy atom. The Labute approximate surface area is 144 Å². The molecule has 1 aromatic rings. The SMILES string of the molecule is O=C(NCCO[C@@H]1O[C@H](CO)[C@H](O)[C@H](O)[C@H]1O)OCc1ccccc1. The zero-order chi connectivity index (χ0) is 18.2. The first-order chi connectivity index (χ1) is 12.0. The largest absolute Gasteiger partial charge is 0.445 e. The number of hydrogen-bond donors (Lipinski definition) is 5. The molecule has 5 atom stereocenters. The minimum absolute atomic E-state index is 0.0247. The second-order valence-electron chi connectivity index (χ2n) is 5.56. The van der Waals surface area contributed by atoms with Crippen LogP contribution in [0.15, 0.2) is 30.3 Å². The van der Waals surface area contributed by atoms with Gasteiger partial charge in [0.05, 0.1) is 13.2 Å². The zero-order valence-electron chi connectivity index (χ0n) is 13.5. The van der Waals surface area contributed by atoms with Gasteiger partial charge in [-0.1, -0.05) is 30.3 Å². The third kappa shape index (κ3) is 5.63. The van der Waals surface area contributed by atoms with Crippen LogP contribution in [0.3, 0.4) is 0 Å². The van der Waals surface area contributed by atoms with Gasteiger partial charge in [0.25, 0.3) is 0 Å². The van der Waals surface area contributed by atoms with E-state index in [4.69, 9.17) is 19.3 Å². The number of hydrogen-bond acceptors (Lipinski definition) is 8. The Morgan fingerprint density at radius 2 is 1.84 bits per heavy atom. The molecule has 1 aromatic carbocycles. The molecule has 0 aliphatic carbocycles. The summed E-state index contributed by atoms with van der Waals surface area (Å²) >= 11 is 0. The maximum Gasteiger partial charge on any atom is 0.407 e. The standard InChI is InChI=1S/C16H23NO8/c18-8-11-12(19)13(20)14(21)15(25-11)23-7-6-17-16(22)24-9-10-4-2-1-3-5-10/h1-5,11-15,18-21H,6-9H2,(H,17,22)/t11-,12+,13+,14-,15-/m1/s1. The number of benzene rings is 1. The van der Waals surface area contributed by atoms with E-state index in [2.05, 4.69) is 5.32 Å². The van der Waals surface area contributed by atoms with Crippen LogP contribution in [0.25, 0.3) is 0 Å². The molecule has 2 rings (SSSR count). The van der Waals surface area contributed by atoms with E-state index >= 15 is 0 Å². The van der Waals surface area contributed by atoms with Gasteiger partial charge in [0, 0.05) is 6.54 Å². The van der Waals surface area contributed by atoms with E-state index in [0.717, 1.165) is 5.56 Å². The average Bonchev–Trinajstić information content (AvgIpc) is 2.64. The van der Waals surface area contributed by atoms with Crippen LogP contribution in [0.1, 0.15) is 5.56 Å². The van der Waals surface area contributed by atoms with Crippen molar-refractivity contribution >= 4 is 6.09 Å². The number of aliphatic hydroxyl groups is 4. The molecular weight excluding hydrogens is 334 g/mol. The number of carbonyl (C=O) groups excluding carboxylic acids is 1. The predicted molar refractivity (Wildman–Crippen MR) is 84.3 cm³/mol. The van der Waals surface area contributed by atoms with Crippen molar-refractivity contribution in [3.8, 4) is 0 Å². The van der Waals surface area contributed by atoms with Crippen molar-refractivity contribution < 1.29 is 39.4 Å². The Morgan fingerprint density at radius 1 is 1.12 bits per heavy atom. The van der Waals surface area contributed by atoms with Crippen molar-refractivity contribution in [2.75, 3.05) is 19.8 Å². The summed E-state index contributed by atoms with van der Waals surface area (Å²) in [5.41, 5.74) is 0.857. The highest BCUT2D eigenvalue weighted by molar-refractivity contribution is 5.67. The van der Waals surface area contributed by atoms with Crippen molar-refractivity contribution in [2.45, 2.75) is 37.3 Å². The van der Waals surface area contributed by atoms with Crippen LogP contribution in [-0.2, 0) is 20.8 Å². The Kier molecular flexibility index (Phi) is 7.56. The highest BCUT2D eigenvalue weighted by Crippen LogP contribution is 2.21. The van der Waals surface area contributed by atoms with Crippen molar-refractivity contribution in [1.82, 2.24) is 5.32 Å². The van der Waals surface area contributed by atoms with Crippen LogP contribution in [0.4, 0.5) is 4.79 Å². The molecule has 0 saturated carbocycles. The van der Waals surface area contributed by atoms with Crippen LogP contribution in [0, 0.1) is 0 Å². The first-order valence-electron chi connectivity index (χ1n) is 7.89. The summed E-state index contributed by atoms with van der Waals surface area (Å²) in [5, 5.41) is 40.6. The monoisotopic (exact) mass is 357 g/mol. The van der Waals surface area contributed by atoms with E-state index in [1.807, 2.05) is 30.3 Å². The van der Waals surface area contributed by atoms with Gasteiger partial charge < -0.3 is 40.0 Å². The number of carbonyl (C=O) groups is 1. The summed E-state index contributed by atoms with van der Waals surface area (Å²) in [6.07, 6.45) is -7.29. The first-order valence-corrected chi connectivity index (χ1v) is 7.89. The fraction of sp³-hybridized carbons (Fsp3) is 0.562. The van der Waals surface area contributed by atoms with E-state index in [9.17, 15) is 20.1 Å². The molecule has 0 spiro atoms. The summed E-state index contributed by atoms with van der Waals surface area (Å²) in [5.74, 6) is 0. The fourth-order valence-electron chi connectivity index (χ4n) is 2.31. The molecule has 1 amide bonds. The highest BCUT2D eigenvalue weighted by Gasteiger charge is 2.43. The molecule has 1 aliphatic heterocycles. The van der Waals surface area contributed by atoms with Crippen molar-refractivity contribution in [3.05, 3.63) is 35.9 Å². The summed E-state index contributed by atoms with van der Waals surface area (Å²) < 4.78 is 15.4. The van der Waals surface area contributed by atoms with Gasteiger partial charge in [0.1, 0.15) is 31.0 Å². The molecule has 1 saturated heterocycles. The summed E-state index contributed by atoms with van der Waals surface area (Å²) in [6, 6.07) is 9.20. The first kappa shape index (κ1) is 19.6. The third-order valence-electron chi connectivity index (χ3n) is 3.71. The molecule has 0 radical (unpaired) electrons. The Bertz CT molecular complexity index is 526. The lowest BCUT2D eigenvalue weighted by Crippen LogP contribution is -2.59. The molecule has 0 bridgehead atoms. The Balaban J connectivity index is 1.65. The van der Waals surface area contributed by atoms with E-state index in [1.54, 1.807) is 0 Å². The number of rotatable bonds is 7. The van der Waals surface area contributed by atoms with Crippen molar-refractivity contribution in [1.29, 1.82) is 0 Å². The Hall–Kier alpha value is -1.75. The summed E-state index contributed by atoms with van der Waals surface area (Å²) in [6.45, 7) is -0.332. The molecule has 25 heavy (non-hydrogen) atoms. The lowest BCUT2D eigenvalue weighted by Gasteiger charge is -2.39. The van der Waals surface area contributed by atoms with E-state index in [0.29, 0.717) is 0 Å². The van der Waals surface area contributed by atoms with Crippen molar-refractivity contribution in [3.63, 3.8) is 0 Å². The minimum atomic E-state index is -1.50. The molecule has 5 N–H and O–H groups in total. The number of ether oxygens (including phenoxy) is 3. The summed E-state index contributed by atoms with van der Waals surface area (Å²) in [4.78, 5) is 11.5. The van der Waals surface area contributed by atoms with Gasteiger partial charge in [-0.25, -0.2) is 4.79 Å². The van der Waals surface area contributed by atoms with Crippen molar-refractivity contribution in [2.24, 2.45) is 0 Å². The van der Waals surface area contributed by atoms with Gasteiger partial charge in [-0.15, -0.1) is 0 Å². The molecule has 9 heteroatoms. The molecule has 9 nitrogen and oxygen atoms in total. The number of amides is 1. The van der Waals surface area contributed by atoms with Crippen LogP contribution < -0.4 is 5.32 Å². The topological polar surface area (TPSA) is 138 Å². The molecule has 1 aliphatic rings. The smallest absolute Gasteiger partial charge is 0.407 e. The number of aliphatic hydroxyl groups excluding tert-OH is 4. The van der Waals surface area contributed by atoms with Gasteiger partial charge in [0.2, 0.25) is 0 Å². The van der Waals surface area contributed by atoms with E-state index < -0.39 is 43.4 Å². The maximum atomic E-state index is 11.5. The zero-order valence-corrected chi connectivity index (χ0v) is 13.5. The molecule has 1 fully saturated rings. The maximum absolute atomic E-state index is 11.5. The molecule has 0 aromatic heterocycles. The quantitative estimate of drug-likeness (QED) is 0.381.